The van der Waals surface area contributed by atoms with E-state index in [9.17, 15) is 40.8 Å². The van der Waals surface area contributed by atoms with E-state index in [0.29, 0.717) is 0 Å². The van der Waals surface area contributed by atoms with Gasteiger partial charge in [-0.3, -0.25) is 0 Å². The SMILES string of the molecule is O=[N+]([O-])OCCC(F)(F)C(F)(F)C(F)(F)F. The van der Waals surface area contributed by atoms with Crippen molar-refractivity contribution in [2.75, 3.05) is 6.61 Å². The highest BCUT2D eigenvalue weighted by Gasteiger charge is 2.72. The van der Waals surface area contributed by atoms with Crippen molar-refractivity contribution in [2.45, 2.75) is 24.4 Å². The lowest BCUT2D eigenvalue weighted by Crippen LogP contribution is -2.52. The maximum atomic E-state index is 12.4. The summed E-state index contributed by atoms with van der Waals surface area (Å²) in [6.45, 7) is -1.56. The molecule has 0 aromatic rings. The minimum absolute atomic E-state index is 1.56. The number of hydrogen-bond donors (Lipinski definition) is 0. The van der Waals surface area contributed by atoms with Gasteiger partial charge >= 0.3 is 18.0 Å². The molecule has 0 N–H and O–H groups in total. The van der Waals surface area contributed by atoms with Gasteiger partial charge in [-0.25, -0.2) is 0 Å². The summed E-state index contributed by atoms with van der Waals surface area (Å²) in [4.78, 5) is 12.7. The van der Waals surface area contributed by atoms with Gasteiger partial charge in [0.1, 0.15) is 6.61 Å². The molecule has 11 heteroatoms. The Kier molecular flexibility index (Phi) is 3.95. The maximum absolute atomic E-state index is 12.4. The molecular formula is C5H4F7NO3. The van der Waals surface area contributed by atoms with E-state index < -0.39 is 36.1 Å². The maximum Gasteiger partial charge on any atom is 0.459 e. The van der Waals surface area contributed by atoms with E-state index in [1.54, 1.807) is 0 Å². The molecule has 0 aliphatic heterocycles. The molecule has 0 aromatic heterocycles. The van der Waals surface area contributed by atoms with Gasteiger partial charge in [0, 0.05) is 6.42 Å². The van der Waals surface area contributed by atoms with Gasteiger partial charge in [0.2, 0.25) is 0 Å². The second-order valence-electron chi connectivity index (χ2n) is 2.58. The lowest BCUT2D eigenvalue weighted by molar-refractivity contribution is -0.758. The van der Waals surface area contributed by atoms with Gasteiger partial charge in [-0.15, -0.1) is 10.1 Å². The normalized spacial score (nSPS) is 13.7. The highest BCUT2D eigenvalue weighted by atomic mass is 19.4. The van der Waals surface area contributed by atoms with Crippen molar-refractivity contribution in [3.63, 3.8) is 0 Å². The predicted octanol–water partition coefficient (Wildman–Crippen LogP) is 2.42. The monoisotopic (exact) mass is 259 g/mol. The molecule has 0 rings (SSSR count). The van der Waals surface area contributed by atoms with E-state index in [2.05, 4.69) is 4.84 Å². The lowest BCUT2D eigenvalue weighted by Gasteiger charge is -2.27. The van der Waals surface area contributed by atoms with E-state index in [1.807, 2.05) is 0 Å². The van der Waals surface area contributed by atoms with Gasteiger partial charge in [0.15, 0.2) is 0 Å². The first-order chi connectivity index (χ1) is 6.92. The molecule has 4 nitrogen and oxygen atoms in total. The summed E-state index contributed by atoms with van der Waals surface area (Å²) >= 11 is 0. The second-order valence-corrected chi connectivity index (χ2v) is 2.58. The van der Waals surface area contributed by atoms with Crippen LogP contribution in [-0.4, -0.2) is 29.7 Å². The van der Waals surface area contributed by atoms with Crippen molar-refractivity contribution in [3.05, 3.63) is 10.1 Å². The van der Waals surface area contributed by atoms with E-state index in [4.69, 9.17) is 0 Å². The van der Waals surface area contributed by atoms with Crippen LogP contribution in [0.1, 0.15) is 6.42 Å². The van der Waals surface area contributed by atoms with Crippen LogP contribution < -0.4 is 0 Å². The second kappa shape index (κ2) is 4.29. The zero-order chi connectivity index (χ0) is 13.2. The minimum atomic E-state index is -6.44. The van der Waals surface area contributed by atoms with E-state index in [0.717, 1.165) is 0 Å². The van der Waals surface area contributed by atoms with Crippen LogP contribution in [0.3, 0.4) is 0 Å². The average molecular weight is 259 g/mol. The third-order valence-corrected chi connectivity index (χ3v) is 1.43. The van der Waals surface area contributed by atoms with Crippen molar-refractivity contribution in [1.82, 2.24) is 0 Å². The van der Waals surface area contributed by atoms with Crippen LogP contribution in [0, 0.1) is 10.1 Å². The highest BCUT2D eigenvalue weighted by Crippen LogP contribution is 2.47. The molecule has 96 valence electrons. The van der Waals surface area contributed by atoms with Crippen LogP contribution in [0.25, 0.3) is 0 Å². The standard InChI is InChI=1S/C5H4F7NO3/c6-3(7,1-2-16-13(14)15)4(8,9)5(10,11)12/h1-2H2. The Hall–Kier alpha value is -1.29. The van der Waals surface area contributed by atoms with E-state index in [1.165, 1.54) is 0 Å². The van der Waals surface area contributed by atoms with Crippen molar-refractivity contribution >= 4 is 0 Å². The Bertz CT molecular complexity index is 263. The Balaban J connectivity index is 4.59. The van der Waals surface area contributed by atoms with Crippen LogP contribution in [0.2, 0.25) is 0 Å². The van der Waals surface area contributed by atoms with Gasteiger partial charge in [-0.05, 0) is 0 Å². The van der Waals surface area contributed by atoms with E-state index >= 15 is 0 Å². The molecule has 0 aliphatic carbocycles. The number of nitrogens with zero attached hydrogens (tertiary/aromatic N) is 1. The predicted molar refractivity (Wildman–Crippen MR) is 33.5 cm³/mol. The molecule has 0 atom stereocenters. The van der Waals surface area contributed by atoms with Crippen molar-refractivity contribution in [3.8, 4) is 0 Å². The molecule has 0 saturated heterocycles. The molecule has 0 amide bonds. The first kappa shape index (κ1) is 14.7. The first-order valence-corrected chi connectivity index (χ1v) is 3.51. The Morgan fingerprint density at radius 1 is 1.06 bits per heavy atom. The summed E-state index contributed by atoms with van der Waals surface area (Å²) in [5.74, 6) is -11.7. The summed E-state index contributed by atoms with van der Waals surface area (Å²) in [6, 6.07) is 0. The molecule has 0 saturated carbocycles. The zero-order valence-corrected chi connectivity index (χ0v) is 7.23. The molecule has 16 heavy (non-hydrogen) atoms. The Labute approximate surface area is 83.1 Å². The summed E-state index contributed by atoms with van der Waals surface area (Å²) in [7, 11) is 0. The lowest BCUT2D eigenvalue weighted by atomic mass is 10.1. The van der Waals surface area contributed by atoms with Gasteiger partial charge in [-0.2, -0.15) is 30.7 Å². The number of halogens is 7. The first-order valence-electron chi connectivity index (χ1n) is 3.51. The smallest absolute Gasteiger partial charge is 0.314 e. The molecule has 0 aliphatic rings. The summed E-state index contributed by atoms with van der Waals surface area (Å²) in [6.07, 6.45) is -8.56. The van der Waals surface area contributed by atoms with Crippen molar-refractivity contribution in [1.29, 1.82) is 0 Å². The van der Waals surface area contributed by atoms with Crippen LogP contribution >= 0.6 is 0 Å². The van der Waals surface area contributed by atoms with Gasteiger partial charge in [0.05, 0.1) is 0 Å². The fourth-order valence-electron chi connectivity index (χ4n) is 0.613. The van der Waals surface area contributed by atoms with Crippen LogP contribution in [0.4, 0.5) is 30.7 Å². The minimum Gasteiger partial charge on any atom is -0.314 e. The highest BCUT2D eigenvalue weighted by molar-refractivity contribution is 4.90. The van der Waals surface area contributed by atoms with Gasteiger partial charge < -0.3 is 4.84 Å². The quantitative estimate of drug-likeness (QED) is 0.432. The summed E-state index contributed by atoms with van der Waals surface area (Å²) in [5, 5.41) is 7.88. The molecule has 0 heterocycles. The topological polar surface area (TPSA) is 52.4 Å². The third-order valence-electron chi connectivity index (χ3n) is 1.43. The molecule has 0 spiro atoms. The average Bonchev–Trinajstić information content (AvgIpc) is 2.00. The largest absolute Gasteiger partial charge is 0.459 e. The molecular weight excluding hydrogens is 255 g/mol. The zero-order valence-electron chi connectivity index (χ0n) is 7.23. The molecule has 0 unspecified atom stereocenters. The van der Waals surface area contributed by atoms with Crippen LogP contribution in [-0.2, 0) is 4.84 Å². The van der Waals surface area contributed by atoms with Crippen molar-refractivity contribution in [2.24, 2.45) is 0 Å². The summed E-state index contributed by atoms with van der Waals surface area (Å²) < 4.78 is 83.5. The molecule has 0 fully saturated rings. The number of alkyl halides is 7. The molecule has 0 radical (unpaired) electrons. The third kappa shape index (κ3) is 3.10. The van der Waals surface area contributed by atoms with Crippen molar-refractivity contribution < 1.29 is 40.7 Å². The number of hydrogen-bond acceptors (Lipinski definition) is 3. The molecule has 0 bridgehead atoms. The van der Waals surface area contributed by atoms with Gasteiger partial charge in [0.25, 0.3) is 5.09 Å². The van der Waals surface area contributed by atoms with E-state index in [-0.39, 0.29) is 0 Å². The fraction of sp³-hybridized carbons (Fsp3) is 1.00. The Morgan fingerprint density at radius 2 is 1.50 bits per heavy atom. The molecule has 0 aromatic carbocycles. The van der Waals surface area contributed by atoms with Crippen LogP contribution in [0.5, 0.6) is 0 Å². The Morgan fingerprint density at radius 3 is 1.81 bits per heavy atom. The number of rotatable bonds is 5. The summed E-state index contributed by atoms with van der Waals surface area (Å²) in [5.41, 5.74) is 0. The van der Waals surface area contributed by atoms with Gasteiger partial charge in [-0.1, -0.05) is 0 Å². The fourth-order valence-corrected chi connectivity index (χ4v) is 0.613. The van der Waals surface area contributed by atoms with Crippen LogP contribution in [0.15, 0.2) is 0 Å².